The molecule has 1 rings (SSSR count). The quantitative estimate of drug-likeness (QED) is 0.773. The number of carboxylic acid groups (broad SMARTS) is 1. The van der Waals surface area contributed by atoms with E-state index in [1.165, 1.54) is 32.0 Å². The van der Waals surface area contributed by atoms with Crippen molar-refractivity contribution in [2.75, 3.05) is 20.5 Å². The molecule has 0 aliphatic carbocycles. The third-order valence-corrected chi connectivity index (χ3v) is 3.38. The number of thioether (sulfide) groups is 1. The third-order valence-electron chi connectivity index (χ3n) is 2.59. The maximum absolute atomic E-state index is 13.9. The highest BCUT2D eigenvalue weighted by Crippen LogP contribution is 2.41. The largest absolute Gasteiger partial charge is 0.493 e. The Balaban J connectivity index is 3.32. The van der Waals surface area contributed by atoms with Gasteiger partial charge in [-0.1, -0.05) is 0 Å². The Morgan fingerprint density at radius 1 is 1.47 bits per heavy atom. The maximum atomic E-state index is 13.9. The molecule has 106 valence electrons. The minimum atomic E-state index is -1.16. The van der Waals surface area contributed by atoms with Gasteiger partial charge >= 0.3 is 5.97 Å². The molecule has 1 aromatic rings. The minimum Gasteiger partial charge on any atom is -0.493 e. The fourth-order valence-corrected chi connectivity index (χ4v) is 2.33. The van der Waals surface area contributed by atoms with Crippen molar-refractivity contribution >= 4 is 17.7 Å². The number of carbonyl (C=O) groups is 1. The molecule has 7 heteroatoms. The number of methoxy groups -OCH3 is 2. The van der Waals surface area contributed by atoms with Gasteiger partial charge in [0.2, 0.25) is 0 Å². The van der Waals surface area contributed by atoms with Gasteiger partial charge in [0.1, 0.15) is 11.9 Å². The van der Waals surface area contributed by atoms with E-state index in [9.17, 15) is 9.18 Å². The van der Waals surface area contributed by atoms with Gasteiger partial charge in [0.25, 0.3) is 0 Å². The molecule has 0 radical (unpaired) electrons. The van der Waals surface area contributed by atoms with E-state index in [0.29, 0.717) is 16.2 Å². The maximum Gasteiger partial charge on any atom is 0.320 e. The van der Waals surface area contributed by atoms with Crippen molar-refractivity contribution in [2.24, 2.45) is 5.73 Å². The summed E-state index contributed by atoms with van der Waals surface area (Å²) in [6, 6.07) is 0.105. The van der Waals surface area contributed by atoms with Crippen LogP contribution in [0.4, 0.5) is 4.39 Å². The van der Waals surface area contributed by atoms with Crippen molar-refractivity contribution in [1.82, 2.24) is 0 Å². The second kappa shape index (κ2) is 6.63. The summed E-state index contributed by atoms with van der Waals surface area (Å²) < 4.78 is 24.3. The average Bonchev–Trinajstić information content (AvgIpc) is 2.37. The first-order valence-electron chi connectivity index (χ1n) is 5.41. The molecule has 0 amide bonds. The lowest BCUT2D eigenvalue weighted by atomic mass is 10.0. The average molecular weight is 289 g/mol. The van der Waals surface area contributed by atoms with E-state index < -0.39 is 17.8 Å². The third kappa shape index (κ3) is 3.30. The zero-order valence-corrected chi connectivity index (χ0v) is 11.7. The number of ether oxygens (including phenoxy) is 2. The first kappa shape index (κ1) is 15.6. The van der Waals surface area contributed by atoms with Crippen LogP contribution in [0, 0.1) is 5.82 Å². The molecule has 3 N–H and O–H groups in total. The van der Waals surface area contributed by atoms with Crippen LogP contribution in [0.1, 0.15) is 5.56 Å². The molecule has 0 fully saturated rings. The van der Waals surface area contributed by atoms with Crippen molar-refractivity contribution in [3.05, 3.63) is 17.4 Å². The summed E-state index contributed by atoms with van der Waals surface area (Å²) in [4.78, 5) is 11.1. The van der Waals surface area contributed by atoms with Crippen LogP contribution < -0.4 is 15.2 Å². The van der Waals surface area contributed by atoms with Gasteiger partial charge in [0.05, 0.1) is 19.1 Å². The van der Waals surface area contributed by atoms with Crippen molar-refractivity contribution in [1.29, 1.82) is 0 Å². The summed E-state index contributed by atoms with van der Waals surface area (Å²) in [5, 5.41) is 8.81. The first-order chi connectivity index (χ1) is 8.96. The Morgan fingerprint density at radius 3 is 2.47 bits per heavy atom. The predicted octanol–water partition coefficient (Wildman–Crippen LogP) is 1.52. The Labute approximate surface area is 114 Å². The van der Waals surface area contributed by atoms with E-state index in [1.807, 2.05) is 0 Å². The van der Waals surface area contributed by atoms with Gasteiger partial charge in [-0.05, 0) is 12.3 Å². The van der Waals surface area contributed by atoms with Gasteiger partial charge in [0, 0.05) is 12.0 Å². The summed E-state index contributed by atoms with van der Waals surface area (Å²) in [7, 11) is 2.81. The lowest BCUT2D eigenvalue weighted by Crippen LogP contribution is -2.32. The zero-order chi connectivity index (χ0) is 14.6. The van der Waals surface area contributed by atoms with Gasteiger partial charge in [-0.15, -0.1) is 11.8 Å². The summed E-state index contributed by atoms with van der Waals surface area (Å²) in [6.07, 6.45) is 1.67. The summed E-state index contributed by atoms with van der Waals surface area (Å²) >= 11 is 1.18. The highest BCUT2D eigenvalue weighted by molar-refractivity contribution is 7.98. The van der Waals surface area contributed by atoms with Crippen LogP contribution in [0.2, 0.25) is 0 Å². The van der Waals surface area contributed by atoms with Crippen LogP contribution in [-0.2, 0) is 11.2 Å². The molecule has 0 saturated heterocycles. The van der Waals surface area contributed by atoms with Crippen molar-refractivity contribution in [3.8, 4) is 11.5 Å². The van der Waals surface area contributed by atoms with E-state index in [4.69, 9.17) is 20.3 Å². The van der Waals surface area contributed by atoms with E-state index in [-0.39, 0.29) is 12.2 Å². The van der Waals surface area contributed by atoms with Crippen molar-refractivity contribution in [3.63, 3.8) is 0 Å². The lowest BCUT2D eigenvalue weighted by molar-refractivity contribution is -0.138. The second-order valence-corrected chi connectivity index (χ2v) is 4.58. The fraction of sp³-hybridized carbons (Fsp3) is 0.417. The molecule has 1 atom stereocenters. The number of benzene rings is 1. The number of nitrogens with two attached hydrogens (primary N) is 1. The number of hydrogen-bond acceptors (Lipinski definition) is 5. The van der Waals surface area contributed by atoms with E-state index in [2.05, 4.69) is 0 Å². The molecule has 0 aliphatic rings. The summed E-state index contributed by atoms with van der Waals surface area (Å²) in [5.74, 6) is -1.08. The summed E-state index contributed by atoms with van der Waals surface area (Å²) in [5.41, 5.74) is 5.83. The number of carboxylic acids is 1. The summed E-state index contributed by atoms with van der Waals surface area (Å²) in [6.45, 7) is 0. The number of rotatable bonds is 6. The monoisotopic (exact) mass is 289 g/mol. The van der Waals surface area contributed by atoms with Gasteiger partial charge < -0.3 is 20.3 Å². The molecular weight excluding hydrogens is 273 g/mol. The van der Waals surface area contributed by atoms with Crippen LogP contribution in [-0.4, -0.2) is 37.6 Å². The molecule has 0 heterocycles. The molecule has 5 nitrogen and oxygen atoms in total. The molecular formula is C12H16FNO4S. The highest BCUT2D eigenvalue weighted by atomic mass is 32.2. The normalized spacial score (nSPS) is 12.1. The molecule has 19 heavy (non-hydrogen) atoms. The molecule has 0 saturated carbocycles. The Bertz CT molecular complexity index is 481. The molecule has 0 spiro atoms. The van der Waals surface area contributed by atoms with Crippen molar-refractivity contribution in [2.45, 2.75) is 17.4 Å². The van der Waals surface area contributed by atoms with E-state index in [1.54, 1.807) is 6.26 Å². The highest BCUT2D eigenvalue weighted by Gasteiger charge is 2.22. The van der Waals surface area contributed by atoms with E-state index >= 15 is 0 Å². The minimum absolute atomic E-state index is 0.0412. The fourth-order valence-electron chi connectivity index (χ4n) is 1.72. The molecule has 0 aromatic heterocycles. The van der Waals surface area contributed by atoms with Crippen LogP contribution in [0.25, 0.3) is 0 Å². The Hall–Kier alpha value is -1.47. The second-order valence-electron chi connectivity index (χ2n) is 3.77. The van der Waals surface area contributed by atoms with Crippen LogP contribution in [0.3, 0.4) is 0 Å². The Kier molecular flexibility index (Phi) is 5.44. The van der Waals surface area contributed by atoms with Gasteiger partial charge in [-0.25, -0.2) is 4.39 Å². The molecule has 1 unspecified atom stereocenters. The van der Waals surface area contributed by atoms with Crippen LogP contribution in [0.5, 0.6) is 11.5 Å². The smallest absolute Gasteiger partial charge is 0.320 e. The van der Waals surface area contributed by atoms with Crippen LogP contribution >= 0.6 is 11.8 Å². The molecule has 1 aromatic carbocycles. The topological polar surface area (TPSA) is 81.8 Å². The molecule has 0 aliphatic heterocycles. The first-order valence-corrected chi connectivity index (χ1v) is 6.64. The van der Waals surface area contributed by atoms with E-state index in [0.717, 1.165) is 0 Å². The zero-order valence-electron chi connectivity index (χ0n) is 10.9. The van der Waals surface area contributed by atoms with Gasteiger partial charge in [-0.3, -0.25) is 4.79 Å². The Morgan fingerprint density at radius 2 is 2.05 bits per heavy atom. The predicted molar refractivity (Wildman–Crippen MR) is 70.6 cm³/mol. The lowest BCUT2D eigenvalue weighted by Gasteiger charge is -2.17. The van der Waals surface area contributed by atoms with Crippen LogP contribution in [0.15, 0.2) is 11.0 Å². The SMILES string of the molecule is COc1c(CC(N)C(=O)O)cc(F)c(SC)c1OC. The van der Waals surface area contributed by atoms with Gasteiger partial charge in [-0.2, -0.15) is 0 Å². The number of halogens is 1. The van der Waals surface area contributed by atoms with Gasteiger partial charge in [0.15, 0.2) is 11.5 Å². The standard InChI is InChI=1S/C12H16FNO4S/c1-17-9-6(5-8(14)12(15)16)4-7(13)11(19-3)10(9)18-2/h4,8H,5,14H2,1-3H3,(H,15,16). The number of aliphatic carboxylic acids is 1. The number of hydrogen-bond donors (Lipinski definition) is 2. The van der Waals surface area contributed by atoms with Crippen molar-refractivity contribution < 1.29 is 23.8 Å². The molecule has 0 bridgehead atoms.